The number of amides is 1. The molecule has 3 aromatic rings. The van der Waals surface area contributed by atoms with Crippen LogP contribution in [0.4, 0.5) is 5.82 Å². The van der Waals surface area contributed by atoms with Gasteiger partial charge in [-0.1, -0.05) is 20.8 Å². The van der Waals surface area contributed by atoms with Gasteiger partial charge in [0, 0.05) is 54.9 Å². The molecule has 144 valence electrons. The summed E-state index contributed by atoms with van der Waals surface area (Å²) in [7, 11) is 3.42. The first-order valence-electron chi connectivity index (χ1n) is 9.07. The summed E-state index contributed by atoms with van der Waals surface area (Å²) in [6.07, 6.45) is 5.13. The fourth-order valence-corrected chi connectivity index (χ4v) is 2.80. The Kier molecular flexibility index (Phi) is 5.14. The van der Waals surface area contributed by atoms with Gasteiger partial charge in [-0.05, 0) is 35.9 Å². The van der Waals surface area contributed by atoms with Crippen molar-refractivity contribution in [2.45, 2.75) is 26.2 Å². The maximum atomic E-state index is 12.1. The molecule has 0 bridgehead atoms. The summed E-state index contributed by atoms with van der Waals surface area (Å²) in [5, 5.41) is 0. The summed E-state index contributed by atoms with van der Waals surface area (Å²) in [5.74, 6) is 0.304. The molecule has 28 heavy (non-hydrogen) atoms. The number of carbonyl (C=O) groups is 1. The van der Waals surface area contributed by atoms with Crippen molar-refractivity contribution in [1.29, 1.82) is 0 Å². The summed E-state index contributed by atoms with van der Waals surface area (Å²) >= 11 is 0. The number of nitrogen functional groups attached to an aromatic ring is 1. The number of rotatable bonds is 3. The highest BCUT2D eigenvalue weighted by Gasteiger charge is 2.17. The summed E-state index contributed by atoms with van der Waals surface area (Å²) < 4.78 is 0. The maximum absolute atomic E-state index is 12.1. The number of anilines is 1. The van der Waals surface area contributed by atoms with E-state index in [9.17, 15) is 4.79 Å². The van der Waals surface area contributed by atoms with Gasteiger partial charge in [-0.15, -0.1) is 0 Å². The van der Waals surface area contributed by atoms with Gasteiger partial charge in [0.2, 0.25) is 0 Å². The molecular weight excluding hydrogens is 350 g/mol. The van der Waals surface area contributed by atoms with Gasteiger partial charge in [0.15, 0.2) is 0 Å². The second-order valence-electron chi connectivity index (χ2n) is 7.97. The Morgan fingerprint density at radius 2 is 1.71 bits per heavy atom. The Balaban J connectivity index is 2.00. The van der Waals surface area contributed by atoms with Crippen molar-refractivity contribution < 1.29 is 4.79 Å². The minimum atomic E-state index is -0.0922. The number of hydrogen-bond acceptors (Lipinski definition) is 5. The van der Waals surface area contributed by atoms with E-state index in [0.717, 1.165) is 22.4 Å². The van der Waals surface area contributed by atoms with E-state index in [1.165, 1.54) is 4.90 Å². The molecule has 0 aromatic carbocycles. The molecule has 0 spiro atoms. The normalized spacial score (nSPS) is 11.3. The van der Waals surface area contributed by atoms with Gasteiger partial charge in [0.25, 0.3) is 5.91 Å². The van der Waals surface area contributed by atoms with Crippen LogP contribution in [0, 0.1) is 0 Å². The molecule has 1 amide bonds. The second kappa shape index (κ2) is 7.38. The van der Waals surface area contributed by atoms with Crippen LogP contribution in [0.25, 0.3) is 22.4 Å². The molecule has 2 N–H and O–H groups in total. The van der Waals surface area contributed by atoms with Crippen LogP contribution in [-0.4, -0.2) is 39.9 Å². The minimum absolute atomic E-state index is 0.0452. The van der Waals surface area contributed by atoms with Gasteiger partial charge >= 0.3 is 0 Å². The van der Waals surface area contributed by atoms with E-state index < -0.39 is 0 Å². The van der Waals surface area contributed by atoms with Crippen LogP contribution < -0.4 is 5.73 Å². The lowest BCUT2D eigenvalue weighted by atomic mass is 9.90. The Morgan fingerprint density at radius 3 is 2.32 bits per heavy atom. The highest BCUT2D eigenvalue weighted by Crippen LogP contribution is 2.30. The summed E-state index contributed by atoms with van der Waals surface area (Å²) in [6, 6.07) is 9.55. The zero-order valence-electron chi connectivity index (χ0n) is 16.9. The fourth-order valence-electron chi connectivity index (χ4n) is 2.80. The molecule has 3 rings (SSSR count). The Bertz CT molecular complexity index is 1000. The van der Waals surface area contributed by atoms with Gasteiger partial charge in [0.1, 0.15) is 5.82 Å². The molecule has 3 aromatic heterocycles. The van der Waals surface area contributed by atoms with Crippen molar-refractivity contribution in [2.75, 3.05) is 19.8 Å². The minimum Gasteiger partial charge on any atom is -0.383 e. The average Bonchev–Trinajstić information content (AvgIpc) is 2.67. The zero-order chi connectivity index (χ0) is 20.5. The van der Waals surface area contributed by atoms with E-state index >= 15 is 0 Å². The van der Waals surface area contributed by atoms with Crippen LogP contribution in [0.2, 0.25) is 0 Å². The van der Waals surface area contributed by atoms with Crippen molar-refractivity contribution >= 4 is 11.7 Å². The number of hydrogen-bond donors (Lipinski definition) is 1. The van der Waals surface area contributed by atoms with Gasteiger partial charge in [-0.3, -0.25) is 14.8 Å². The van der Waals surface area contributed by atoms with E-state index in [1.54, 1.807) is 38.6 Å². The third-order valence-corrected chi connectivity index (χ3v) is 4.47. The van der Waals surface area contributed by atoms with E-state index in [2.05, 4.69) is 41.8 Å². The first kappa shape index (κ1) is 19.5. The van der Waals surface area contributed by atoms with Crippen LogP contribution in [-0.2, 0) is 5.41 Å². The third kappa shape index (κ3) is 4.01. The molecule has 0 unspecified atom stereocenters. The van der Waals surface area contributed by atoms with E-state index in [4.69, 9.17) is 5.73 Å². The summed E-state index contributed by atoms with van der Waals surface area (Å²) in [5.41, 5.74) is 11.0. The first-order chi connectivity index (χ1) is 13.2. The number of nitrogens with zero attached hydrogens (tertiary/aromatic N) is 4. The topological polar surface area (TPSA) is 85.0 Å². The molecule has 0 radical (unpaired) electrons. The number of nitrogens with two attached hydrogens (primary N) is 1. The lowest BCUT2D eigenvalue weighted by Gasteiger charge is -2.18. The van der Waals surface area contributed by atoms with Crippen molar-refractivity contribution in [3.05, 3.63) is 60.2 Å². The van der Waals surface area contributed by atoms with Crippen molar-refractivity contribution in [3.8, 4) is 22.4 Å². The van der Waals surface area contributed by atoms with Crippen molar-refractivity contribution in [3.63, 3.8) is 0 Å². The van der Waals surface area contributed by atoms with E-state index in [1.807, 2.05) is 18.3 Å². The largest absolute Gasteiger partial charge is 0.383 e. The summed E-state index contributed by atoms with van der Waals surface area (Å²) in [6.45, 7) is 6.39. The molecule has 6 heteroatoms. The Labute approximate surface area is 165 Å². The first-order valence-corrected chi connectivity index (χ1v) is 9.07. The molecule has 0 aliphatic rings. The van der Waals surface area contributed by atoms with Crippen LogP contribution in [0.3, 0.4) is 0 Å². The van der Waals surface area contributed by atoms with Crippen molar-refractivity contribution in [2.24, 2.45) is 0 Å². The molecule has 0 saturated carbocycles. The number of carbonyl (C=O) groups excluding carboxylic acids is 1. The van der Waals surface area contributed by atoms with Gasteiger partial charge in [0.05, 0.1) is 11.3 Å². The van der Waals surface area contributed by atoms with Crippen molar-refractivity contribution in [1.82, 2.24) is 19.9 Å². The highest BCUT2D eigenvalue weighted by molar-refractivity contribution is 5.94. The van der Waals surface area contributed by atoms with Crippen LogP contribution in [0.5, 0.6) is 0 Å². The molecule has 6 nitrogen and oxygen atoms in total. The average molecular weight is 375 g/mol. The molecule has 0 atom stereocenters. The SMILES string of the molecule is CN(C)C(=O)c1ccc(-c2cc(-c3ccnc(C(C)(C)C)c3)cnc2N)nc1. The maximum Gasteiger partial charge on any atom is 0.254 e. The quantitative estimate of drug-likeness (QED) is 0.753. The van der Waals surface area contributed by atoms with Crippen LogP contribution >= 0.6 is 0 Å². The van der Waals surface area contributed by atoms with Gasteiger partial charge in [-0.2, -0.15) is 0 Å². The Morgan fingerprint density at radius 1 is 0.964 bits per heavy atom. The zero-order valence-corrected chi connectivity index (χ0v) is 16.9. The second-order valence-corrected chi connectivity index (χ2v) is 7.97. The molecule has 0 saturated heterocycles. The predicted octanol–water partition coefficient (Wildman–Crippen LogP) is 3.79. The van der Waals surface area contributed by atoms with Gasteiger partial charge < -0.3 is 10.6 Å². The summed E-state index contributed by atoms with van der Waals surface area (Å²) in [4.78, 5) is 26.8. The monoisotopic (exact) mass is 375 g/mol. The van der Waals surface area contributed by atoms with E-state index in [0.29, 0.717) is 17.1 Å². The predicted molar refractivity (Wildman–Crippen MR) is 112 cm³/mol. The smallest absolute Gasteiger partial charge is 0.254 e. The van der Waals surface area contributed by atoms with E-state index in [-0.39, 0.29) is 11.3 Å². The van der Waals surface area contributed by atoms with Crippen LogP contribution in [0.1, 0.15) is 36.8 Å². The number of pyridine rings is 3. The highest BCUT2D eigenvalue weighted by atomic mass is 16.2. The molecule has 3 heterocycles. The fraction of sp³-hybridized carbons (Fsp3) is 0.273. The van der Waals surface area contributed by atoms with Crippen LogP contribution in [0.15, 0.2) is 48.9 Å². The third-order valence-electron chi connectivity index (χ3n) is 4.47. The molecular formula is C22H25N5O. The standard InChI is InChI=1S/C22H25N5O/c1-22(2,3)19-11-14(8-9-24-19)16-10-17(20(23)26-13-16)18-7-6-15(12-25-18)21(28)27(4)5/h6-13H,1-5H3,(H2,23,26). The van der Waals surface area contributed by atoms with Gasteiger partial charge in [-0.25, -0.2) is 4.98 Å². The number of aromatic nitrogens is 3. The molecule has 0 aliphatic carbocycles. The molecule has 0 aliphatic heterocycles. The lowest BCUT2D eigenvalue weighted by Crippen LogP contribution is -2.21. The Hall–Kier alpha value is -3.28. The molecule has 0 fully saturated rings. The lowest BCUT2D eigenvalue weighted by molar-refractivity contribution is 0.0827.